The molecule has 8 aromatic carbocycles. The Morgan fingerprint density at radius 3 is 1.96 bits per heavy atom. The number of thiophene rings is 1. The van der Waals surface area contributed by atoms with Gasteiger partial charge in [-0.25, -0.2) is 19.9 Å². The summed E-state index contributed by atoms with van der Waals surface area (Å²) in [4.78, 5) is 20.8. The molecule has 0 aliphatic carbocycles. The number of hydrogen-bond donors (Lipinski definition) is 0. The molecule has 0 saturated heterocycles. The normalized spacial score (nSPS) is 12.0. The average Bonchev–Trinajstić information content (AvgIpc) is 3.96. The number of aromatic nitrogens is 4. The van der Waals surface area contributed by atoms with Crippen molar-refractivity contribution >= 4 is 96.5 Å². The van der Waals surface area contributed by atoms with Gasteiger partial charge in [0.15, 0.2) is 17.5 Å². The molecule has 0 saturated carbocycles. The average molecular weight is 739 g/mol. The lowest BCUT2D eigenvalue weighted by molar-refractivity contribution is 0.669. The molecular weight excluding hydrogens is 713 g/mol. The Hall–Kier alpha value is -6.80. The Morgan fingerprint density at radius 1 is 0.382 bits per heavy atom. The topological polar surface area (TPSA) is 64.7 Å². The minimum absolute atomic E-state index is 0.612. The molecule has 7 heteroatoms. The molecule has 0 amide bonds. The zero-order valence-corrected chi connectivity index (χ0v) is 30.7. The van der Waals surface area contributed by atoms with Crippen molar-refractivity contribution in [1.82, 2.24) is 19.9 Å². The summed E-state index contributed by atoms with van der Waals surface area (Å²) in [6.07, 6.45) is 0. The first-order valence-corrected chi connectivity index (χ1v) is 19.8. The lowest BCUT2D eigenvalue weighted by Crippen LogP contribution is -2.00. The van der Waals surface area contributed by atoms with E-state index < -0.39 is 0 Å². The molecule has 0 atom stereocenters. The quantitative estimate of drug-likeness (QED) is 0.180. The molecule has 12 aromatic rings. The van der Waals surface area contributed by atoms with E-state index in [4.69, 9.17) is 24.4 Å². The fourth-order valence-corrected chi connectivity index (χ4v) is 10.1. The third kappa shape index (κ3) is 4.84. The SMILES string of the molecule is c1ccc(-c2nc3c(ccc4oc5ccc6ccc(-c7nc(-c8ccc9c(c8)sc8ccccc89)nc(-c8cccc9ccccc89)n7)cc6c5c43)s2)cc1. The first-order valence-electron chi connectivity index (χ1n) is 18.1. The van der Waals surface area contributed by atoms with Crippen LogP contribution in [0.25, 0.3) is 119 Å². The Bertz CT molecular complexity index is 3500. The van der Waals surface area contributed by atoms with E-state index in [1.165, 1.54) is 20.2 Å². The van der Waals surface area contributed by atoms with Crippen molar-refractivity contribution in [3.05, 3.63) is 158 Å². The minimum atomic E-state index is 0.612. The molecule has 256 valence electrons. The van der Waals surface area contributed by atoms with E-state index >= 15 is 0 Å². The first-order chi connectivity index (χ1) is 27.2. The van der Waals surface area contributed by atoms with Crippen LogP contribution in [0.5, 0.6) is 0 Å². The largest absolute Gasteiger partial charge is 0.456 e. The van der Waals surface area contributed by atoms with Crippen LogP contribution in [0.1, 0.15) is 0 Å². The number of fused-ring (bicyclic) bond motifs is 11. The molecule has 0 unspecified atom stereocenters. The monoisotopic (exact) mass is 738 g/mol. The second kappa shape index (κ2) is 11.9. The maximum absolute atomic E-state index is 6.51. The summed E-state index contributed by atoms with van der Waals surface area (Å²) in [6, 6.07) is 55.0. The molecule has 0 N–H and O–H groups in total. The van der Waals surface area contributed by atoms with Crippen LogP contribution in [0, 0.1) is 0 Å². The number of furan rings is 1. The summed E-state index contributed by atoms with van der Waals surface area (Å²) in [7, 11) is 0. The van der Waals surface area contributed by atoms with Gasteiger partial charge >= 0.3 is 0 Å². The smallest absolute Gasteiger partial charge is 0.164 e. The van der Waals surface area contributed by atoms with Gasteiger partial charge in [-0.15, -0.1) is 22.7 Å². The van der Waals surface area contributed by atoms with Crippen LogP contribution in [-0.2, 0) is 0 Å². The van der Waals surface area contributed by atoms with E-state index in [0.29, 0.717) is 17.5 Å². The maximum Gasteiger partial charge on any atom is 0.164 e. The number of rotatable bonds is 4. The molecule has 0 aliphatic heterocycles. The van der Waals surface area contributed by atoms with Gasteiger partial charge in [-0.2, -0.15) is 0 Å². The van der Waals surface area contributed by atoms with E-state index in [9.17, 15) is 0 Å². The molecule has 12 rings (SSSR count). The van der Waals surface area contributed by atoms with Gasteiger partial charge in [0, 0.05) is 47.8 Å². The van der Waals surface area contributed by atoms with E-state index in [2.05, 4.69) is 152 Å². The Labute approximate surface area is 321 Å². The van der Waals surface area contributed by atoms with E-state index in [1.54, 1.807) is 22.7 Å². The second-order valence-electron chi connectivity index (χ2n) is 13.8. The van der Waals surface area contributed by atoms with E-state index in [-0.39, 0.29) is 0 Å². The molecule has 0 radical (unpaired) electrons. The third-order valence-electron chi connectivity index (χ3n) is 10.6. The highest BCUT2D eigenvalue weighted by atomic mass is 32.1. The third-order valence-corrected chi connectivity index (χ3v) is 12.8. The Morgan fingerprint density at radius 2 is 1.05 bits per heavy atom. The summed E-state index contributed by atoms with van der Waals surface area (Å²) >= 11 is 3.50. The van der Waals surface area contributed by atoms with Gasteiger partial charge < -0.3 is 4.42 Å². The molecule has 4 heterocycles. The summed E-state index contributed by atoms with van der Waals surface area (Å²) < 4.78 is 10.1. The van der Waals surface area contributed by atoms with Crippen LogP contribution in [-0.4, -0.2) is 19.9 Å². The van der Waals surface area contributed by atoms with Gasteiger partial charge in [0.05, 0.1) is 15.6 Å². The van der Waals surface area contributed by atoms with Gasteiger partial charge in [0.25, 0.3) is 0 Å². The molecule has 55 heavy (non-hydrogen) atoms. The Kier molecular flexibility index (Phi) is 6.60. The van der Waals surface area contributed by atoms with Crippen LogP contribution in [0.15, 0.2) is 162 Å². The lowest BCUT2D eigenvalue weighted by atomic mass is 10.0. The predicted molar refractivity (Wildman–Crippen MR) is 230 cm³/mol. The van der Waals surface area contributed by atoms with Crippen molar-refractivity contribution in [3.63, 3.8) is 0 Å². The Balaban J connectivity index is 1.09. The van der Waals surface area contributed by atoms with Crippen LogP contribution in [0.3, 0.4) is 0 Å². The molecule has 0 aliphatic rings. The van der Waals surface area contributed by atoms with Crippen molar-refractivity contribution in [2.75, 3.05) is 0 Å². The number of nitrogens with zero attached hydrogens (tertiary/aromatic N) is 4. The molecule has 5 nitrogen and oxygen atoms in total. The highest BCUT2D eigenvalue weighted by Crippen LogP contribution is 2.43. The molecule has 0 spiro atoms. The van der Waals surface area contributed by atoms with Gasteiger partial charge in [-0.1, -0.05) is 121 Å². The van der Waals surface area contributed by atoms with Crippen LogP contribution in [0.2, 0.25) is 0 Å². The van der Waals surface area contributed by atoms with E-state index in [0.717, 1.165) is 81.0 Å². The number of hydrogen-bond acceptors (Lipinski definition) is 7. The first kappa shape index (κ1) is 30.6. The highest BCUT2D eigenvalue weighted by Gasteiger charge is 2.20. The highest BCUT2D eigenvalue weighted by molar-refractivity contribution is 7.25. The zero-order valence-electron chi connectivity index (χ0n) is 29.0. The summed E-state index contributed by atoms with van der Waals surface area (Å²) in [5, 5.41) is 9.97. The summed E-state index contributed by atoms with van der Waals surface area (Å²) in [5.74, 6) is 1.89. The lowest BCUT2D eigenvalue weighted by Gasteiger charge is -2.11. The summed E-state index contributed by atoms with van der Waals surface area (Å²) in [6.45, 7) is 0. The van der Waals surface area contributed by atoms with Gasteiger partial charge in [-0.05, 0) is 57.9 Å². The van der Waals surface area contributed by atoms with Crippen molar-refractivity contribution in [3.8, 4) is 44.7 Å². The van der Waals surface area contributed by atoms with Crippen molar-refractivity contribution in [1.29, 1.82) is 0 Å². The van der Waals surface area contributed by atoms with Gasteiger partial charge in [0.1, 0.15) is 16.2 Å². The molecular formula is C48H26N4OS2. The van der Waals surface area contributed by atoms with Crippen LogP contribution in [0.4, 0.5) is 0 Å². The molecule has 0 fully saturated rings. The van der Waals surface area contributed by atoms with Crippen LogP contribution < -0.4 is 0 Å². The predicted octanol–water partition coefficient (Wildman–Crippen LogP) is 13.7. The van der Waals surface area contributed by atoms with Crippen LogP contribution >= 0.6 is 22.7 Å². The second-order valence-corrected chi connectivity index (χ2v) is 15.9. The fraction of sp³-hybridized carbons (Fsp3) is 0. The van der Waals surface area contributed by atoms with Gasteiger partial charge in [0.2, 0.25) is 0 Å². The minimum Gasteiger partial charge on any atom is -0.456 e. The van der Waals surface area contributed by atoms with Crippen molar-refractivity contribution in [2.24, 2.45) is 0 Å². The molecule has 4 aromatic heterocycles. The van der Waals surface area contributed by atoms with Crippen molar-refractivity contribution < 1.29 is 4.42 Å². The summed E-state index contributed by atoms with van der Waals surface area (Å²) in [5.41, 5.74) is 6.53. The fourth-order valence-electron chi connectivity index (χ4n) is 7.95. The number of benzene rings is 8. The number of thiazole rings is 1. The molecule has 0 bridgehead atoms. The zero-order chi connectivity index (χ0) is 36.0. The maximum atomic E-state index is 6.51. The van der Waals surface area contributed by atoms with E-state index in [1.807, 2.05) is 6.07 Å². The van der Waals surface area contributed by atoms with Gasteiger partial charge in [-0.3, -0.25) is 0 Å². The van der Waals surface area contributed by atoms with Crippen molar-refractivity contribution in [2.45, 2.75) is 0 Å². The standard InChI is InChI=1S/C48H26N4OS2/c1-2-10-29(11-3-1)48-49-44-40(55-48)24-23-38-43(44)42-36-25-30(18-17-28(36)20-22-37(42)53-38)45-50-46(31-19-21-34-33-14-6-7-16-39(33)54-41(34)26-31)52-47(51-45)35-15-8-12-27-9-4-5-13-32(27)35/h1-26H.